The summed E-state index contributed by atoms with van der Waals surface area (Å²) < 4.78 is 13.4. The van der Waals surface area contributed by atoms with E-state index in [-0.39, 0.29) is 18.1 Å². The van der Waals surface area contributed by atoms with Gasteiger partial charge in [0.2, 0.25) is 0 Å². The largest absolute Gasteiger partial charge is 0.506 e. The molecule has 0 radical (unpaired) electrons. The van der Waals surface area contributed by atoms with Gasteiger partial charge in [-0.25, -0.2) is 4.39 Å². The summed E-state index contributed by atoms with van der Waals surface area (Å²) in [6.07, 6.45) is 2.58. The van der Waals surface area contributed by atoms with E-state index >= 15 is 0 Å². The molecule has 2 rings (SSSR count). The van der Waals surface area contributed by atoms with E-state index in [2.05, 4.69) is 4.98 Å². The van der Waals surface area contributed by atoms with Crippen LogP contribution < -0.4 is 5.73 Å². The fourth-order valence-electron chi connectivity index (χ4n) is 1.80. The molecule has 0 aliphatic carbocycles. The highest BCUT2D eigenvalue weighted by Gasteiger charge is 2.05. The average molecular weight is 246 g/mol. The third-order valence-corrected chi connectivity index (χ3v) is 2.85. The van der Waals surface area contributed by atoms with E-state index in [0.29, 0.717) is 24.0 Å². The monoisotopic (exact) mass is 246 g/mol. The topological polar surface area (TPSA) is 59.1 Å². The second-order valence-corrected chi connectivity index (χ2v) is 4.10. The lowest BCUT2D eigenvalue weighted by molar-refractivity contribution is 0.465. The Morgan fingerprint density at radius 2 is 1.94 bits per heavy atom. The molecule has 0 fully saturated rings. The van der Waals surface area contributed by atoms with Gasteiger partial charge in [-0.3, -0.25) is 4.98 Å². The summed E-state index contributed by atoms with van der Waals surface area (Å²) >= 11 is 0. The summed E-state index contributed by atoms with van der Waals surface area (Å²) in [5, 5.41) is 9.46. The molecule has 0 amide bonds. The van der Waals surface area contributed by atoms with Crippen LogP contribution in [0.15, 0.2) is 36.5 Å². The number of nitrogens with two attached hydrogens (primary N) is 1. The van der Waals surface area contributed by atoms with Gasteiger partial charge in [-0.15, -0.1) is 0 Å². The summed E-state index contributed by atoms with van der Waals surface area (Å²) in [5.74, 6) is -0.0949. The maximum atomic E-state index is 13.4. The van der Waals surface area contributed by atoms with Crippen molar-refractivity contribution in [2.75, 3.05) is 0 Å². The molecule has 0 saturated carbocycles. The fraction of sp³-hybridized carbons (Fsp3) is 0.214. The Morgan fingerprint density at radius 3 is 2.67 bits per heavy atom. The molecule has 18 heavy (non-hydrogen) atoms. The predicted octanol–water partition coefficient (Wildman–Crippen LogP) is 2.17. The highest BCUT2D eigenvalue weighted by Crippen LogP contribution is 2.17. The molecular weight excluding hydrogens is 231 g/mol. The van der Waals surface area contributed by atoms with E-state index in [1.807, 2.05) is 6.07 Å². The van der Waals surface area contributed by atoms with E-state index in [1.54, 1.807) is 18.2 Å². The smallest absolute Gasteiger partial charge is 0.138 e. The van der Waals surface area contributed by atoms with Crippen molar-refractivity contribution in [3.05, 3.63) is 59.2 Å². The Kier molecular flexibility index (Phi) is 3.89. The van der Waals surface area contributed by atoms with Gasteiger partial charge in [-0.1, -0.05) is 18.2 Å². The van der Waals surface area contributed by atoms with Gasteiger partial charge < -0.3 is 10.8 Å². The number of pyridine rings is 1. The minimum absolute atomic E-state index is 0.104. The zero-order valence-corrected chi connectivity index (χ0v) is 9.94. The van der Waals surface area contributed by atoms with Crippen molar-refractivity contribution in [3.63, 3.8) is 0 Å². The van der Waals surface area contributed by atoms with Crippen LogP contribution in [0.25, 0.3) is 0 Å². The van der Waals surface area contributed by atoms with Crippen LogP contribution in [0.4, 0.5) is 4.39 Å². The zero-order valence-electron chi connectivity index (χ0n) is 9.94. The third kappa shape index (κ3) is 2.84. The molecule has 1 aromatic carbocycles. The minimum atomic E-state index is -0.199. The SMILES string of the molecule is NCc1cc(CCc2ccccc2F)ncc1O. The standard InChI is InChI=1S/C14H15FN2O/c15-13-4-2-1-3-10(13)5-6-12-7-11(8-16)14(18)9-17-12/h1-4,7,9,18H,5-6,8,16H2. The molecule has 0 saturated heterocycles. The molecule has 0 spiro atoms. The molecular formula is C14H15FN2O. The number of aromatic nitrogens is 1. The molecule has 0 atom stereocenters. The quantitative estimate of drug-likeness (QED) is 0.869. The normalized spacial score (nSPS) is 10.6. The maximum absolute atomic E-state index is 13.4. The van der Waals surface area contributed by atoms with Crippen molar-refractivity contribution in [2.45, 2.75) is 19.4 Å². The van der Waals surface area contributed by atoms with E-state index < -0.39 is 0 Å². The molecule has 1 aromatic heterocycles. The highest BCUT2D eigenvalue weighted by molar-refractivity contribution is 5.31. The number of rotatable bonds is 4. The van der Waals surface area contributed by atoms with E-state index in [0.717, 1.165) is 5.69 Å². The van der Waals surface area contributed by atoms with Crippen molar-refractivity contribution in [1.82, 2.24) is 4.98 Å². The Morgan fingerprint density at radius 1 is 1.17 bits per heavy atom. The number of nitrogens with zero attached hydrogens (tertiary/aromatic N) is 1. The van der Waals surface area contributed by atoms with Crippen molar-refractivity contribution in [2.24, 2.45) is 5.73 Å². The van der Waals surface area contributed by atoms with E-state index in [4.69, 9.17) is 5.73 Å². The second-order valence-electron chi connectivity index (χ2n) is 4.10. The summed E-state index contributed by atoms with van der Waals surface area (Å²) in [4.78, 5) is 4.10. The second kappa shape index (κ2) is 5.60. The van der Waals surface area contributed by atoms with Gasteiger partial charge in [-0.05, 0) is 30.5 Å². The van der Waals surface area contributed by atoms with Crippen LogP contribution in [0.3, 0.4) is 0 Å². The van der Waals surface area contributed by atoms with Gasteiger partial charge in [-0.2, -0.15) is 0 Å². The van der Waals surface area contributed by atoms with Gasteiger partial charge in [0.15, 0.2) is 0 Å². The molecule has 0 aliphatic heterocycles. The molecule has 3 N–H and O–H groups in total. The molecule has 3 nitrogen and oxygen atoms in total. The van der Waals surface area contributed by atoms with Crippen molar-refractivity contribution >= 4 is 0 Å². The van der Waals surface area contributed by atoms with E-state index in [1.165, 1.54) is 12.3 Å². The van der Waals surface area contributed by atoms with Gasteiger partial charge in [0.1, 0.15) is 11.6 Å². The number of halogens is 1. The molecule has 1 heterocycles. The lowest BCUT2D eigenvalue weighted by atomic mass is 10.1. The van der Waals surface area contributed by atoms with Crippen LogP contribution in [0.2, 0.25) is 0 Å². The molecule has 2 aromatic rings. The number of aryl methyl sites for hydroxylation is 2. The van der Waals surface area contributed by atoms with Crippen LogP contribution in [0.1, 0.15) is 16.8 Å². The average Bonchev–Trinajstić information content (AvgIpc) is 2.39. The first-order valence-electron chi connectivity index (χ1n) is 5.81. The van der Waals surface area contributed by atoms with E-state index in [9.17, 15) is 9.50 Å². The summed E-state index contributed by atoms with van der Waals surface area (Å²) in [6.45, 7) is 0.265. The van der Waals surface area contributed by atoms with Crippen LogP contribution >= 0.6 is 0 Å². The lowest BCUT2D eigenvalue weighted by Gasteiger charge is -2.06. The minimum Gasteiger partial charge on any atom is -0.506 e. The first-order valence-corrected chi connectivity index (χ1v) is 5.81. The fourth-order valence-corrected chi connectivity index (χ4v) is 1.80. The number of benzene rings is 1. The Labute approximate surface area is 105 Å². The summed E-state index contributed by atoms with van der Waals surface area (Å²) in [6, 6.07) is 8.46. The Bertz CT molecular complexity index is 543. The first kappa shape index (κ1) is 12.5. The zero-order chi connectivity index (χ0) is 13.0. The number of hydrogen-bond acceptors (Lipinski definition) is 3. The van der Waals surface area contributed by atoms with Crippen molar-refractivity contribution < 1.29 is 9.50 Å². The van der Waals surface area contributed by atoms with Crippen LogP contribution in [-0.4, -0.2) is 10.1 Å². The van der Waals surface area contributed by atoms with Crippen molar-refractivity contribution in [3.8, 4) is 5.75 Å². The van der Waals surface area contributed by atoms with Crippen LogP contribution in [-0.2, 0) is 19.4 Å². The third-order valence-electron chi connectivity index (χ3n) is 2.85. The molecule has 0 aliphatic rings. The number of hydrogen-bond donors (Lipinski definition) is 2. The summed E-state index contributed by atoms with van der Waals surface area (Å²) in [7, 11) is 0. The van der Waals surface area contributed by atoms with Crippen molar-refractivity contribution in [1.29, 1.82) is 0 Å². The van der Waals surface area contributed by atoms with Crippen LogP contribution in [0, 0.1) is 5.82 Å². The molecule has 94 valence electrons. The first-order chi connectivity index (χ1) is 8.70. The maximum Gasteiger partial charge on any atom is 0.138 e. The van der Waals surface area contributed by atoms with Gasteiger partial charge in [0.25, 0.3) is 0 Å². The predicted molar refractivity (Wildman–Crippen MR) is 67.6 cm³/mol. The Hall–Kier alpha value is -1.94. The van der Waals surface area contributed by atoms with Gasteiger partial charge in [0.05, 0.1) is 6.20 Å². The number of aromatic hydroxyl groups is 1. The molecule has 4 heteroatoms. The Balaban J connectivity index is 2.09. The van der Waals surface area contributed by atoms with Gasteiger partial charge in [0, 0.05) is 17.8 Å². The van der Waals surface area contributed by atoms with Crippen LogP contribution in [0.5, 0.6) is 5.75 Å². The summed E-state index contributed by atoms with van der Waals surface area (Å²) in [5.41, 5.74) is 7.63. The van der Waals surface area contributed by atoms with Gasteiger partial charge >= 0.3 is 0 Å². The molecule has 0 unspecified atom stereocenters. The lowest BCUT2D eigenvalue weighted by Crippen LogP contribution is -2.01. The highest BCUT2D eigenvalue weighted by atomic mass is 19.1. The molecule has 0 bridgehead atoms.